The van der Waals surface area contributed by atoms with Crippen molar-refractivity contribution in [1.82, 2.24) is 10.3 Å². The molecule has 0 saturated carbocycles. The quantitative estimate of drug-likeness (QED) is 0.791. The van der Waals surface area contributed by atoms with Gasteiger partial charge in [-0.1, -0.05) is 6.07 Å². The lowest BCUT2D eigenvalue weighted by atomic mass is 10.2. The van der Waals surface area contributed by atoms with E-state index in [4.69, 9.17) is 9.47 Å². The van der Waals surface area contributed by atoms with Gasteiger partial charge in [0.25, 0.3) is 5.91 Å². The van der Waals surface area contributed by atoms with Crippen LogP contribution in [0.1, 0.15) is 16.8 Å². The number of ether oxygens (including phenoxy) is 2. The summed E-state index contributed by atoms with van der Waals surface area (Å²) in [6, 6.07) is 11.7. The van der Waals surface area contributed by atoms with E-state index in [0.717, 1.165) is 0 Å². The highest BCUT2D eigenvalue weighted by Crippen LogP contribution is 2.25. The molecule has 2 rings (SSSR count). The predicted molar refractivity (Wildman–Crippen MR) is 78.5 cm³/mol. The Labute approximate surface area is 123 Å². The zero-order chi connectivity index (χ0) is 14.9. The molecular weight excluding hydrogens is 268 g/mol. The topological polar surface area (TPSA) is 60.5 Å². The highest BCUT2D eigenvalue weighted by molar-refractivity contribution is 5.93. The molecule has 1 aromatic heterocycles. The van der Waals surface area contributed by atoms with Gasteiger partial charge in [0.2, 0.25) is 0 Å². The minimum Gasteiger partial charge on any atom is -0.493 e. The number of hydrogen-bond acceptors (Lipinski definition) is 4. The van der Waals surface area contributed by atoms with Gasteiger partial charge in [-0.15, -0.1) is 0 Å². The van der Waals surface area contributed by atoms with Crippen LogP contribution in [0.2, 0.25) is 0 Å². The zero-order valence-electron chi connectivity index (χ0n) is 11.8. The molecule has 5 heteroatoms. The Kier molecular flexibility index (Phi) is 5.58. The summed E-state index contributed by atoms with van der Waals surface area (Å²) in [5.41, 5.74) is 0.554. The van der Waals surface area contributed by atoms with Crippen molar-refractivity contribution in [2.24, 2.45) is 0 Å². The lowest BCUT2D eigenvalue weighted by molar-refractivity contribution is 0.0951. The fourth-order valence-corrected chi connectivity index (χ4v) is 1.73. The molecule has 21 heavy (non-hydrogen) atoms. The number of aromatic nitrogens is 1. The van der Waals surface area contributed by atoms with Crippen molar-refractivity contribution in [1.29, 1.82) is 0 Å². The average Bonchev–Trinajstić information content (AvgIpc) is 2.55. The molecule has 1 amide bonds. The van der Waals surface area contributed by atoms with E-state index in [2.05, 4.69) is 16.4 Å². The molecule has 1 N–H and O–H groups in total. The van der Waals surface area contributed by atoms with Crippen LogP contribution in [0.4, 0.5) is 0 Å². The predicted octanol–water partition coefficient (Wildman–Crippen LogP) is 2.09. The van der Waals surface area contributed by atoms with E-state index in [1.54, 1.807) is 43.6 Å². The summed E-state index contributed by atoms with van der Waals surface area (Å²) < 4.78 is 10.8. The summed E-state index contributed by atoms with van der Waals surface area (Å²) in [7, 11) is 1.59. The van der Waals surface area contributed by atoms with Crippen LogP contribution in [0.25, 0.3) is 0 Å². The molecule has 1 heterocycles. The molecule has 0 aliphatic carbocycles. The van der Waals surface area contributed by atoms with Crippen LogP contribution in [0.5, 0.6) is 11.5 Å². The third-order valence-electron chi connectivity index (χ3n) is 2.80. The maximum absolute atomic E-state index is 11.8. The number of pyridine rings is 1. The number of rotatable bonds is 7. The number of benzene rings is 1. The molecule has 2 aromatic rings. The lowest BCUT2D eigenvalue weighted by Gasteiger charge is -2.10. The van der Waals surface area contributed by atoms with Crippen LogP contribution >= 0.6 is 0 Å². The number of carbonyl (C=O) groups is 1. The van der Waals surface area contributed by atoms with Crippen molar-refractivity contribution in [3.63, 3.8) is 0 Å². The molecule has 0 aliphatic rings. The van der Waals surface area contributed by atoms with Crippen molar-refractivity contribution in [2.45, 2.75) is 6.42 Å². The first-order valence-electron chi connectivity index (χ1n) is 6.66. The van der Waals surface area contributed by atoms with Gasteiger partial charge in [0.15, 0.2) is 11.5 Å². The fourth-order valence-electron chi connectivity index (χ4n) is 1.73. The summed E-state index contributed by atoms with van der Waals surface area (Å²) in [4.78, 5) is 15.7. The van der Waals surface area contributed by atoms with Crippen molar-refractivity contribution in [3.05, 3.63) is 54.4 Å². The van der Waals surface area contributed by atoms with Crippen LogP contribution in [-0.2, 0) is 0 Å². The minimum atomic E-state index is -0.130. The molecule has 0 saturated heterocycles. The highest BCUT2D eigenvalue weighted by Gasteiger charge is 2.05. The van der Waals surface area contributed by atoms with Gasteiger partial charge in [0, 0.05) is 18.9 Å². The lowest BCUT2D eigenvalue weighted by Crippen LogP contribution is -2.25. The first-order chi connectivity index (χ1) is 10.3. The molecule has 109 valence electrons. The van der Waals surface area contributed by atoms with Crippen molar-refractivity contribution in [3.8, 4) is 11.5 Å². The second-order valence-electron chi connectivity index (χ2n) is 4.28. The van der Waals surface area contributed by atoms with Gasteiger partial charge >= 0.3 is 0 Å². The molecular formula is C16H17N2O3. The minimum absolute atomic E-state index is 0.130. The maximum Gasteiger partial charge on any atom is 0.252 e. The zero-order valence-corrected chi connectivity index (χ0v) is 11.8. The van der Waals surface area contributed by atoms with E-state index < -0.39 is 0 Å². The normalized spacial score (nSPS) is 9.95. The van der Waals surface area contributed by atoms with Crippen molar-refractivity contribution >= 4 is 5.91 Å². The molecule has 0 atom stereocenters. The van der Waals surface area contributed by atoms with Gasteiger partial charge in [0.05, 0.1) is 19.3 Å². The van der Waals surface area contributed by atoms with Crippen molar-refractivity contribution in [2.75, 3.05) is 20.3 Å². The molecule has 0 bridgehead atoms. The first kappa shape index (κ1) is 14.8. The Morgan fingerprint density at radius 3 is 3.05 bits per heavy atom. The monoisotopic (exact) mass is 285 g/mol. The second kappa shape index (κ2) is 7.89. The number of carbonyl (C=O) groups excluding carboxylic acids is 1. The largest absolute Gasteiger partial charge is 0.493 e. The van der Waals surface area contributed by atoms with Gasteiger partial charge in [0.1, 0.15) is 0 Å². The Hall–Kier alpha value is -2.56. The summed E-state index contributed by atoms with van der Waals surface area (Å²) >= 11 is 0. The number of nitrogens with one attached hydrogen (secondary N) is 1. The summed E-state index contributed by atoms with van der Waals surface area (Å²) in [5, 5.41) is 2.82. The van der Waals surface area contributed by atoms with E-state index in [1.165, 1.54) is 6.20 Å². The summed E-state index contributed by atoms with van der Waals surface area (Å²) in [5.74, 6) is 1.20. The van der Waals surface area contributed by atoms with Crippen LogP contribution < -0.4 is 14.8 Å². The Balaban J connectivity index is 1.70. The standard InChI is InChI=1S/C16H17N2O3/c1-20-14-7-2-3-8-15(14)21-11-5-10-18-16(19)13-6-4-9-17-12-13/h3-4,6-9,12H,5,10-11H2,1H3,(H,18,19). The number of amides is 1. The maximum atomic E-state index is 11.8. The molecule has 0 spiro atoms. The molecule has 5 nitrogen and oxygen atoms in total. The number of hydrogen-bond donors (Lipinski definition) is 1. The van der Waals surface area contributed by atoms with Crippen LogP contribution in [-0.4, -0.2) is 31.2 Å². The van der Waals surface area contributed by atoms with Gasteiger partial charge in [-0.3, -0.25) is 9.78 Å². The van der Waals surface area contributed by atoms with Gasteiger partial charge in [-0.25, -0.2) is 0 Å². The number of nitrogens with zero attached hydrogens (tertiary/aromatic N) is 1. The smallest absolute Gasteiger partial charge is 0.252 e. The van der Waals surface area contributed by atoms with Crippen LogP contribution in [0.3, 0.4) is 0 Å². The third-order valence-corrected chi connectivity index (χ3v) is 2.80. The number of methoxy groups -OCH3 is 1. The van der Waals surface area contributed by atoms with Gasteiger partial charge < -0.3 is 14.8 Å². The van der Waals surface area contributed by atoms with E-state index >= 15 is 0 Å². The average molecular weight is 285 g/mol. The summed E-state index contributed by atoms with van der Waals surface area (Å²) in [6.07, 6.45) is 3.88. The first-order valence-corrected chi connectivity index (χ1v) is 6.66. The molecule has 0 aliphatic heterocycles. The van der Waals surface area contributed by atoms with Crippen LogP contribution in [0.15, 0.2) is 42.7 Å². The molecule has 0 unspecified atom stereocenters. The molecule has 0 fully saturated rings. The third kappa shape index (κ3) is 4.49. The Morgan fingerprint density at radius 2 is 2.29 bits per heavy atom. The summed E-state index contributed by atoms with van der Waals surface area (Å²) in [6.45, 7) is 1.03. The van der Waals surface area contributed by atoms with Crippen molar-refractivity contribution < 1.29 is 14.3 Å². The SMILES string of the molecule is COc1c[c]ccc1OCCCNC(=O)c1cccnc1. The van der Waals surface area contributed by atoms with E-state index in [1.807, 2.05) is 0 Å². The molecule has 1 radical (unpaired) electrons. The fraction of sp³-hybridized carbons (Fsp3) is 0.250. The van der Waals surface area contributed by atoms with Gasteiger partial charge in [-0.2, -0.15) is 0 Å². The van der Waals surface area contributed by atoms with Crippen LogP contribution in [0, 0.1) is 6.07 Å². The molecule has 1 aromatic carbocycles. The Bertz CT molecular complexity index is 573. The second-order valence-corrected chi connectivity index (χ2v) is 4.28. The van der Waals surface area contributed by atoms with E-state index in [9.17, 15) is 4.79 Å². The Morgan fingerprint density at radius 1 is 1.38 bits per heavy atom. The van der Waals surface area contributed by atoms with E-state index in [-0.39, 0.29) is 5.91 Å². The van der Waals surface area contributed by atoms with Gasteiger partial charge in [-0.05, 0) is 36.8 Å². The van der Waals surface area contributed by atoms with E-state index in [0.29, 0.717) is 36.6 Å². The highest BCUT2D eigenvalue weighted by atomic mass is 16.5.